The van der Waals surface area contributed by atoms with Crippen molar-refractivity contribution in [2.75, 3.05) is 13.2 Å². The maximum Gasteiger partial charge on any atom is 0.306 e. The Kier molecular flexibility index (Phi) is 47.2. The molecular weight excluding hydrogens is 745 g/mol. The number of rotatable bonds is 49. The van der Waals surface area contributed by atoms with E-state index in [2.05, 4.69) is 27.7 Å². The Morgan fingerprint density at radius 2 is 0.550 bits per heavy atom. The summed E-state index contributed by atoms with van der Waals surface area (Å²) in [5, 5.41) is 0. The van der Waals surface area contributed by atoms with E-state index in [1.54, 1.807) is 0 Å². The van der Waals surface area contributed by atoms with Crippen LogP contribution in [-0.4, -0.2) is 37.2 Å². The zero-order valence-corrected chi connectivity index (χ0v) is 40.9. The van der Waals surface area contributed by atoms with E-state index in [4.69, 9.17) is 14.2 Å². The van der Waals surface area contributed by atoms with E-state index in [1.807, 2.05) is 0 Å². The van der Waals surface area contributed by atoms with Crippen molar-refractivity contribution in [3.63, 3.8) is 0 Å². The SMILES string of the molecule is CCCCCCCCCCCCCCCCCCCCC(=O)O[C@H](COC(=O)CCCCCCCCC)COC(=O)CCCCCCCCCCCCCCCCC(C)C. The maximum absolute atomic E-state index is 12.8. The molecule has 0 N–H and O–H groups in total. The first-order valence-corrected chi connectivity index (χ1v) is 26.9. The van der Waals surface area contributed by atoms with Gasteiger partial charge >= 0.3 is 17.9 Å². The number of hydrogen-bond acceptors (Lipinski definition) is 6. The molecule has 1 atom stereocenters. The summed E-state index contributed by atoms with van der Waals surface area (Å²) in [6.07, 6.45) is 51.1. The number of unbranched alkanes of at least 4 members (excludes halogenated alkanes) is 36. The van der Waals surface area contributed by atoms with Crippen molar-refractivity contribution in [3.8, 4) is 0 Å². The Labute approximate surface area is 374 Å². The molecule has 0 aliphatic carbocycles. The summed E-state index contributed by atoms with van der Waals surface area (Å²) in [7, 11) is 0. The zero-order valence-electron chi connectivity index (χ0n) is 40.9. The summed E-state index contributed by atoms with van der Waals surface area (Å²) in [5.41, 5.74) is 0. The molecule has 0 bridgehead atoms. The standard InChI is InChI=1S/C54H104O6/c1-5-7-9-11-13-14-15-16-17-18-19-20-25-28-31-35-39-43-47-54(57)60-51(48-58-52(55)45-41-37-32-12-10-8-6-2)49-59-53(56)46-42-38-34-30-27-24-22-21-23-26-29-33-36-40-44-50(3)4/h50-51H,5-49H2,1-4H3/t51-/m1/s1. The molecule has 0 saturated carbocycles. The number of carbonyl (C=O) groups excluding carboxylic acids is 3. The van der Waals surface area contributed by atoms with E-state index in [1.165, 1.54) is 199 Å². The second-order valence-electron chi connectivity index (χ2n) is 19.0. The Bertz CT molecular complexity index is 903. The average Bonchev–Trinajstić information content (AvgIpc) is 3.23. The topological polar surface area (TPSA) is 78.9 Å². The summed E-state index contributed by atoms with van der Waals surface area (Å²) < 4.78 is 16.8. The van der Waals surface area contributed by atoms with Gasteiger partial charge in [0.2, 0.25) is 0 Å². The number of esters is 3. The highest BCUT2D eigenvalue weighted by atomic mass is 16.6. The monoisotopic (exact) mass is 849 g/mol. The van der Waals surface area contributed by atoms with Crippen LogP contribution in [-0.2, 0) is 28.6 Å². The molecule has 0 saturated heterocycles. The fourth-order valence-electron chi connectivity index (χ4n) is 8.22. The highest BCUT2D eigenvalue weighted by Gasteiger charge is 2.19. The minimum absolute atomic E-state index is 0.0630. The molecule has 0 unspecified atom stereocenters. The minimum Gasteiger partial charge on any atom is -0.462 e. The van der Waals surface area contributed by atoms with Crippen LogP contribution in [0.15, 0.2) is 0 Å². The lowest BCUT2D eigenvalue weighted by molar-refractivity contribution is -0.167. The molecule has 0 aliphatic rings. The van der Waals surface area contributed by atoms with Gasteiger partial charge in [-0.1, -0.05) is 265 Å². The first-order chi connectivity index (χ1) is 29.4. The summed E-state index contributed by atoms with van der Waals surface area (Å²) in [5.74, 6) is -0.00374. The summed E-state index contributed by atoms with van der Waals surface area (Å²) in [6, 6.07) is 0. The quantitative estimate of drug-likeness (QED) is 0.0345. The lowest BCUT2D eigenvalue weighted by Crippen LogP contribution is -2.30. The van der Waals surface area contributed by atoms with Crippen molar-refractivity contribution in [3.05, 3.63) is 0 Å². The van der Waals surface area contributed by atoms with Gasteiger partial charge in [-0.05, 0) is 25.2 Å². The van der Waals surface area contributed by atoms with Crippen LogP contribution < -0.4 is 0 Å². The zero-order chi connectivity index (χ0) is 43.8. The lowest BCUT2D eigenvalue weighted by atomic mass is 10.0. The predicted octanol–water partition coefficient (Wildman–Crippen LogP) is 17.5. The van der Waals surface area contributed by atoms with Gasteiger partial charge in [-0.25, -0.2) is 0 Å². The van der Waals surface area contributed by atoms with Crippen molar-refractivity contribution in [2.45, 2.75) is 310 Å². The van der Waals surface area contributed by atoms with Crippen LogP contribution in [0, 0.1) is 5.92 Å². The number of ether oxygens (including phenoxy) is 3. The Balaban J connectivity index is 4.17. The van der Waals surface area contributed by atoms with Gasteiger partial charge in [-0.2, -0.15) is 0 Å². The van der Waals surface area contributed by atoms with E-state index in [-0.39, 0.29) is 31.1 Å². The lowest BCUT2D eigenvalue weighted by Gasteiger charge is -2.18. The van der Waals surface area contributed by atoms with Crippen LogP contribution in [0.25, 0.3) is 0 Å². The maximum atomic E-state index is 12.8. The smallest absolute Gasteiger partial charge is 0.306 e. The van der Waals surface area contributed by atoms with Crippen LogP contribution in [0.1, 0.15) is 304 Å². The molecule has 0 aromatic heterocycles. The van der Waals surface area contributed by atoms with E-state index < -0.39 is 6.10 Å². The van der Waals surface area contributed by atoms with Gasteiger partial charge in [0.15, 0.2) is 6.10 Å². The molecule has 0 aromatic rings. The minimum atomic E-state index is -0.760. The molecule has 60 heavy (non-hydrogen) atoms. The molecule has 0 spiro atoms. The molecule has 356 valence electrons. The highest BCUT2D eigenvalue weighted by Crippen LogP contribution is 2.17. The van der Waals surface area contributed by atoms with E-state index in [0.29, 0.717) is 19.3 Å². The van der Waals surface area contributed by atoms with Crippen molar-refractivity contribution in [1.29, 1.82) is 0 Å². The molecule has 0 amide bonds. The summed E-state index contributed by atoms with van der Waals surface area (Å²) in [6.45, 7) is 9.01. The molecule has 0 fully saturated rings. The van der Waals surface area contributed by atoms with Crippen molar-refractivity contribution in [2.24, 2.45) is 5.92 Å². The molecular formula is C54H104O6. The van der Waals surface area contributed by atoms with Crippen LogP contribution in [0.3, 0.4) is 0 Å². The fraction of sp³-hybridized carbons (Fsp3) is 0.944. The van der Waals surface area contributed by atoms with Crippen LogP contribution in [0.2, 0.25) is 0 Å². The van der Waals surface area contributed by atoms with Gasteiger partial charge in [0, 0.05) is 19.3 Å². The van der Waals surface area contributed by atoms with Crippen molar-refractivity contribution < 1.29 is 28.6 Å². The third kappa shape index (κ3) is 47.5. The Hall–Kier alpha value is -1.59. The number of carbonyl (C=O) groups is 3. The first kappa shape index (κ1) is 58.4. The molecule has 0 rings (SSSR count). The van der Waals surface area contributed by atoms with Crippen molar-refractivity contribution in [1.82, 2.24) is 0 Å². The van der Waals surface area contributed by atoms with E-state index in [0.717, 1.165) is 63.7 Å². The highest BCUT2D eigenvalue weighted by molar-refractivity contribution is 5.71. The summed E-state index contributed by atoms with van der Waals surface area (Å²) >= 11 is 0. The summed E-state index contributed by atoms with van der Waals surface area (Å²) in [4.78, 5) is 37.8. The van der Waals surface area contributed by atoms with Gasteiger partial charge in [-0.3, -0.25) is 14.4 Å². The van der Waals surface area contributed by atoms with Gasteiger partial charge in [0.25, 0.3) is 0 Å². The second-order valence-corrected chi connectivity index (χ2v) is 19.0. The third-order valence-corrected chi connectivity index (χ3v) is 12.3. The molecule has 0 radical (unpaired) electrons. The molecule has 0 aromatic carbocycles. The van der Waals surface area contributed by atoms with Crippen LogP contribution in [0.4, 0.5) is 0 Å². The van der Waals surface area contributed by atoms with Gasteiger partial charge in [0.05, 0.1) is 0 Å². The van der Waals surface area contributed by atoms with Crippen LogP contribution >= 0.6 is 0 Å². The largest absolute Gasteiger partial charge is 0.462 e. The van der Waals surface area contributed by atoms with Gasteiger partial charge in [0.1, 0.15) is 13.2 Å². The Morgan fingerprint density at radius 3 is 0.817 bits per heavy atom. The van der Waals surface area contributed by atoms with E-state index in [9.17, 15) is 14.4 Å². The first-order valence-electron chi connectivity index (χ1n) is 26.9. The Morgan fingerprint density at radius 1 is 0.317 bits per heavy atom. The molecule has 6 nitrogen and oxygen atoms in total. The molecule has 6 heteroatoms. The molecule has 0 heterocycles. The average molecular weight is 849 g/mol. The molecule has 0 aliphatic heterocycles. The van der Waals surface area contributed by atoms with E-state index >= 15 is 0 Å². The van der Waals surface area contributed by atoms with Gasteiger partial charge < -0.3 is 14.2 Å². The predicted molar refractivity (Wildman–Crippen MR) is 257 cm³/mol. The van der Waals surface area contributed by atoms with Crippen LogP contribution in [0.5, 0.6) is 0 Å². The van der Waals surface area contributed by atoms with Gasteiger partial charge in [-0.15, -0.1) is 0 Å². The normalized spacial score (nSPS) is 11.9. The second kappa shape index (κ2) is 48.4. The third-order valence-electron chi connectivity index (χ3n) is 12.3. The fourth-order valence-corrected chi connectivity index (χ4v) is 8.22. The number of hydrogen-bond donors (Lipinski definition) is 0. The van der Waals surface area contributed by atoms with Crippen molar-refractivity contribution >= 4 is 17.9 Å².